The molecule has 0 aliphatic rings. The van der Waals surface area contributed by atoms with Gasteiger partial charge in [0.15, 0.2) is 5.82 Å². The molecule has 124 heavy (non-hydrogen) atoms. The highest BCUT2D eigenvalue weighted by atomic mass is 16.3. The average Bonchev–Trinajstić information content (AvgIpc) is 1.60. The van der Waals surface area contributed by atoms with Crippen LogP contribution in [-0.4, -0.2) is 48.2 Å². The van der Waals surface area contributed by atoms with Crippen LogP contribution in [-0.2, 0) is 0 Å². The summed E-state index contributed by atoms with van der Waals surface area (Å²) in [5.41, 5.74) is 24.8. The maximum Gasteiger partial charge on any atom is 0.160 e. The van der Waals surface area contributed by atoms with Gasteiger partial charge >= 0.3 is 0 Å². The molecule has 14 heteroatoms. The normalized spacial score (nSPS) is 11.5. The summed E-state index contributed by atoms with van der Waals surface area (Å²) in [6, 6.07) is 131. The maximum atomic E-state index is 5.76. The Labute approximate surface area is 709 Å². The van der Waals surface area contributed by atoms with Crippen molar-refractivity contribution in [2.45, 2.75) is 0 Å². The first-order valence-corrected chi connectivity index (χ1v) is 41.1. The van der Waals surface area contributed by atoms with Crippen LogP contribution < -0.4 is 0 Å². The zero-order chi connectivity index (χ0) is 82.0. The van der Waals surface area contributed by atoms with Gasteiger partial charge in [0.25, 0.3) is 0 Å². The third-order valence-electron chi connectivity index (χ3n) is 23.3. The quantitative estimate of drug-likeness (QED) is 0.129. The summed E-state index contributed by atoms with van der Waals surface area (Å²) in [5, 5.41) is 14.1. The first-order valence-electron chi connectivity index (χ1n) is 41.1. The second kappa shape index (κ2) is 30.7. The molecule has 0 bridgehead atoms. The number of pyridine rings is 4. The van der Waals surface area contributed by atoms with Crippen LogP contribution in [0.2, 0.25) is 0 Å². The highest BCUT2D eigenvalue weighted by Crippen LogP contribution is 2.42. The summed E-state index contributed by atoms with van der Waals surface area (Å²) >= 11 is 0. The second-order valence-corrected chi connectivity index (χ2v) is 30.6. The molecular weight excluding hydrogens is 1530 g/mol. The van der Waals surface area contributed by atoms with Crippen molar-refractivity contribution in [1.82, 2.24) is 48.2 Å². The summed E-state index contributed by atoms with van der Waals surface area (Å²) < 4.78 is 31.7. The van der Waals surface area contributed by atoms with Gasteiger partial charge in [-0.25, -0.2) is 24.9 Å². The van der Waals surface area contributed by atoms with Gasteiger partial charge in [0.05, 0.1) is 92.0 Å². The van der Waals surface area contributed by atoms with Crippen LogP contribution in [0, 0.1) is 0 Å². The lowest BCUT2D eigenvalue weighted by molar-refractivity contribution is 0.616. The smallest absolute Gasteiger partial charge is 0.160 e. The highest BCUT2D eigenvalue weighted by Gasteiger charge is 2.22. The van der Waals surface area contributed by atoms with E-state index in [4.69, 9.17) is 42.6 Å². The fraction of sp³-hybridized carbons (Fsp3) is 0. The molecule has 0 aliphatic heterocycles. The van der Waals surface area contributed by atoms with Gasteiger partial charge in [0.2, 0.25) is 0 Å². The molecule has 13 aromatic carbocycles. The van der Waals surface area contributed by atoms with Crippen LogP contribution in [0.1, 0.15) is 0 Å². The number of fused-ring (bicyclic) bond motifs is 16. The monoisotopic (exact) mass is 1590 g/mol. The van der Waals surface area contributed by atoms with Gasteiger partial charge in [-0.1, -0.05) is 206 Å². The van der Waals surface area contributed by atoms with E-state index in [0.717, 1.165) is 167 Å². The van der Waals surface area contributed by atoms with E-state index < -0.39 is 0 Å². The van der Waals surface area contributed by atoms with Crippen molar-refractivity contribution in [1.29, 1.82) is 0 Å². The summed E-state index contributed by atoms with van der Waals surface area (Å²) in [4.78, 5) is 28.7. The van der Waals surface area contributed by atoms with Crippen molar-refractivity contribution in [3.63, 3.8) is 0 Å². The molecule has 13 aromatic heterocycles. The topological polar surface area (TPSA) is 150 Å². The largest absolute Gasteiger partial charge is 0.464 e. The summed E-state index contributed by atoms with van der Waals surface area (Å²) in [5.74, 6) is 3.38. The fourth-order valence-corrected chi connectivity index (χ4v) is 17.5. The minimum absolute atomic E-state index is 0.700. The summed E-state index contributed by atoms with van der Waals surface area (Å²) in [6.07, 6.45) is 12.4. The number of nitrogens with zero attached hydrogens (tertiary/aromatic N) is 10. The molecule has 0 unspecified atom stereocenters. The Bertz CT molecular complexity index is 7900. The van der Waals surface area contributed by atoms with Gasteiger partial charge in [0, 0.05) is 141 Å². The standard InChI is InChI=1S/C36H23N3O.2C25H16N2O.C24H15N3O/c1-3-9-24(10-4-1)31-22-32(25-11-5-2-6-12-25)38-36(37-31)26-15-17-28(18-16-26)39-33-14-8-7-13-29(33)30-21-27-19-20-40-35(27)23-34(30)39;1-2-7-17(8-3-1)21-10-6-12-25(26-21)27-22-11-5-4-9-19(22)20-15-18-13-14-28-24(18)16-23(20)27;1-2-6-17(7-3-1)18-10-12-26-25(15-18)27-22-9-5-4-8-20(22)21-14-19-11-13-28-24(19)16-23(21)27;1-2-6-21-18(4-1)19-14-17-10-13-28-23(17)15-22(19)27(21)24-7-3-5-20(26-24)16-8-11-25-12-9-16/h1-23H;2*1-16H;1-15H. The molecule has 13 heterocycles. The van der Waals surface area contributed by atoms with Crippen LogP contribution >= 0.6 is 0 Å². The van der Waals surface area contributed by atoms with Crippen molar-refractivity contribution < 1.29 is 17.7 Å². The third-order valence-corrected chi connectivity index (χ3v) is 23.3. The molecule has 0 spiro atoms. The van der Waals surface area contributed by atoms with E-state index >= 15 is 0 Å². The van der Waals surface area contributed by atoms with Crippen molar-refractivity contribution in [3.05, 3.63) is 426 Å². The minimum Gasteiger partial charge on any atom is -0.464 e. The summed E-state index contributed by atoms with van der Waals surface area (Å²) in [7, 11) is 0. The third kappa shape index (κ3) is 13.0. The van der Waals surface area contributed by atoms with Crippen LogP contribution in [0.5, 0.6) is 0 Å². The predicted molar refractivity (Wildman–Crippen MR) is 502 cm³/mol. The molecule has 0 N–H and O–H groups in total. The molecule has 0 fully saturated rings. The van der Waals surface area contributed by atoms with E-state index in [0.29, 0.717) is 5.82 Å². The molecule has 0 radical (unpaired) electrons. The molecule has 584 valence electrons. The number of benzene rings is 13. The van der Waals surface area contributed by atoms with Crippen molar-refractivity contribution in [2.24, 2.45) is 0 Å². The second-order valence-electron chi connectivity index (χ2n) is 30.6. The van der Waals surface area contributed by atoms with E-state index in [1.807, 2.05) is 121 Å². The average molecular weight is 1600 g/mol. The Morgan fingerprint density at radius 2 is 0.532 bits per heavy atom. The van der Waals surface area contributed by atoms with E-state index in [9.17, 15) is 0 Å². The molecule has 0 amide bonds. The van der Waals surface area contributed by atoms with E-state index in [2.05, 4.69) is 290 Å². The lowest BCUT2D eigenvalue weighted by Crippen LogP contribution is -1.98. The number of para-hydroxylation sites is 4. The number of hydrogen-bond donors (Lipinski definition) is 0. The molecule has 0 atom stereocenters. The van der Waals surface area contributed by atoms with Gasteiger partial charge < -0.3 is 22.2 Å². The van der Waals surface area contributed by atoms with E-state index in [1.54, 1.807) is 37.4 Å². The van der Waals surface area contributed by atoms with Crippen molar-refractivity contribution >= 4 is 131 Å². The Hall–Kier alpha value is -17.1. The van der Waals surface area contributed by atoms with Crippen LogP contribution in [0.25, 0.3) is 222 Å². The Morgan fingerprint density at radius 1 is 0.194 bits per heavy atom. The van der Waals surface area contributed by atoms with E-state index in [-0.39, 0.29) is 0 Å². The van der Waals surface area contributed by atoms with Crippen LogP contribution in [0.3, 0.4) is 0 Å². The predicted octanol–water partition coefficient (Wildman–Crippen LogP) is 28.5. The molecule has 0 aliphatic carbocycles. The zero-order valence-corrected chi connectivity index (χ0v) is 66.5. The Balaban J connectivity index is 0.0000000968. The zero-order valence-electron chi connectivity index (χ0n) is 66.5. The molecule has 26 aromatic rings. The summed E-state index contributed by atoms with van der Waals surface area (Å²) in [6.45, 7) is 0. The Morgan fingerprint density at radius 3 is 0.944 bits per heavy atom. The molecule has 0 saturated carbocycles. The van der Waals surface area contributed by atoms with Gasteiger partial charge in [-0.05, 0) is 163 Å². The van der Waals surface area contributed by atoms with Crippen molar-refractivity contribution in [2.75, 3.05) is 0 Å². The van der Waals surface area contributed by atoms with Crippen LogP contribution in [0.4, 0.5) is 0 Å². The number of rotatable bonds is 10. The SMILES string of the molecule is c1cc(-c2ccncc2)nc(-n2c3ccccc3c3cc4ccoc4cc32)c1.c1ccc(-c2cc(-c3ccccc3)nc(-c3ccc(-n4c5ccccc5c5cc6ccoc6cc54)cc3)n2)cc1.c1ccc(-c2cccc(-n3c4ccccc4c4cc5ccoc5cc43)n2)cc1.c1ccc(-c2ccnc(-n3c4ccccc4c4cc5ccoc5cc43)c2)cc1. The maximum absolute atomic E-state index is 5.76. The first kappa shape index (κ1) is 72.2. The minimum atomic E-state index is 0.700. The molecular formula is C110H70N10O4. The van der Waals surface area contributed by atoms with E-state index in [1.165, 1.54) is 48.7 Å². The number of aromatic nitrogens is 10. The van der Waals surface area contributed by atoms with Gasteiger partial charge in [-0.2, -0.15) is 0 Å². The number of furan rings is 4. The molecule has 14 nitrogen and oxygen atoms in total. The lowest BCUT2D eigenvalue weighted by Gasteiger charge is -2.11. The fourth-order valence-electron chi connectivity index (χ4n) is 17.5. The van der Waals surface area contributed by atoms with Gasteiger partial charge in [0.1, 0.15) is 39.8 Å². The van der Waals surface area contributed by atoms with Crippen LogP contribution in [0.15, 0.2) is 443 Å². The Kier molecular flexibility index (Phi) is 17.9. The molecule has 26 rings (SSSR count). The van der Waals surface area contributed by atoms with Gasteiger partial charge in [-0.3, -0.25) is 18.7 Å². The van der Waals surface area contributed by atoms with Crippen molar-refractivity contribution in [3.8, 4) is 90.7 Å². The molecule has 0 saturated heterocycles. The number of hydrogen-bond acceptors (Lipinski definition) is 10. The van der Waals surface area contributed by atoms with Gasteiger partial charge in [-0.15, -0.1) is 0 Å². The lowest BCUT2D eigenvalue weighted by atomic mass is 10.1. The highest BCUT2D eigenvalue weighted by molar-refractivity contribution is 6.17. The first-order chi connectivity index (χ1) is 61.5.